The zero-order valence-electron chi connectivity index (χ0n) is 13.8. The first-order valence-electron chi connectivity index (χ1n) is 7.87. The molecule has 0 saturated heterocycles. The first-order valence-corrected chi connectivity index (χ1v) is 9.23. The molecule has 0 fully saturated rings. The summed E-state index contributed by atoms with van der Waals surface area (Å²) in [5.74, 6) is 0.981. The summed E-state index contributed by atoms with van der Waals surface area (Å²) in [7, 11) is 0. The van der Waals surface area contributed by atoms with Gasteiger partial charge in [0.05, 0.1) is 18.0 Å². The number of nitrogens with one attached hydrogen (secondary N) is 1. The largest absolute Gasteiger partial charge is 0.310 e. The molecule has 0 unspecified atom stereocenters. The summed E-state index contributed by atoms with van der Waals surface area (Å²) in [6.45, 7) is 2.54. The van der Waals surface area contributed by atoms with E-state index in [0.717, 1.165) is 16.2 Å². The van der Waals surface area contributed by atoms with Crippen LogP contribution < -0.4 is 5.32 Å². The van der Waals surface area contributed by atoms with Gasteiger partial charge in [0.15, 0.2) is 0 Å². The van der Waals surface area contributed by atoms with Crippen LogP contribution in [0.4, 0.5) is 5.82 Å². The molecule has 6 heteroatoms. The van der Waals surface area contributed by atoms with E-state index in [9.17, 15) is 4.79 Å². The number of carbonyl (C=O) groups is 1. The van der Waals surface area contributed by atoms with E-state index in [1.807, 2.05) is 72.3 Å². The Bertz CT molecular complexity index is 847. The van der Waals surface area contributed by atoms with Crippen molar-refractivity contribution in [2.45, 2.75) is 18.4 Å². The van der Waals surface area contributed by atoms with Crippen molar-refractivity contribution in [2.24, 2.45) is 0 Å². The molecular formula is C19H18ClN3OS. The maximum Gasteiger partial charge on any atom is 0.235 e. The topological polar surface area (TPSA) is 46.9 Å². The first-order chi connectivity index (χ1) is 12.1. The molecule has 0 radical (unpaired) electrons. The monoisotopic (exact) mass is 371 g/mol. The number of anilines is 1. The Kier molecular flexibility index (Phi) is 5.79. The maximum atomic E-state index is 12.3. The number of rotatable bonds is 6. The van der Waals surface area contributed by atoms with E-state index in [2.05, 4.69) is 10.4 Å². The van der Waals surface area contributed by atoms with Gasteiger partial charge in [0.1, 0.15) is 5.82 Å². The molecule has 0 bridgehead atoms. The Balaban J connectivity index is 1.62. The molecule has 128 valence electrons. The van der Waals surface area contributed by atoms with Crippen molar-refractivity contribution < 1.29 is 4.79 Å². The van der Waals surface area contributed by atoms with Gasteiger partial charge >= 0.3 is 0 Å². The van der Waals surface area contributed by atoms with Crippen LogP contribution in [0.15, 0.2) is 65.6 Å². The zero-order chi connectivity index (χ0) is 17.6. The number of nitrogens with zero attached hydrogens (tertiary/aromatic N) is 2. The highest BCUT2D eigenvalue weighted by atomic mass is 35.5. The average Bonchev–Trinajstić information content (AvgIpc) is 2.94. The lowest BCUT2D eigenvalue weighted by Crippen LogP contribution is -2.17. The Hall–Kier alpha value is -2.24. The quantitative estimate of drug-likeness (QED) is 0.643. The van der Waals surface area contributed by atoms with Crippen LogP contribution in [-0.4, -0.2) is 21.4 Å². The zero-order valence-corrected chi connectivity index (χ0v) is 15.3. The molecule has 4 nitrogen and oxygen atoms in total. The molecule has 2 aromatic carbocycles. The highest BCUT2D eigenvalue weighted by Gasteiger charge is 2.10. The lowest BCUT2D eigenvalue weighted by Gasteiger charge is -2.09. The molecule has 0 spiro atoms. The predicted molar refractivity (Wildman–Crippen MR) is 103 cm³/mol. The van der Waals surface area contributed by atoms with Crippen LogP contribution in [0, 0.1) is 6.92 Å². The van der Waals surface area contributed by atoms with Crippen LogP contribution in [-0.2, 0) is 11.3 Å². The Labute approximate surface area is 156 Å². The predicted octanol–water partition coefficient (Wildman–Crippen LogP) is 4.62. The van der Waals surface area contributed by atoms with E-state index in [1.54, 1.807) is 0 Å². The van der Waals surface area contributed by atoms with Gasteiger partial charge in [-0.3, -0.25) is 4.79 Å². The Morgan fingerprint density at radius 1 is 1.16 bits per heavy atom. The third kappa shape index (κ3) is 5.11. The fraction of sp³-hybridized carbons (Fsp3) is 0.158. The molecule has 1 amide bonds. The molecule has 1 heterocycles. The van der Waals surface area contributed by atoms with E-state index >= 15 is 0 Å². The minimum Gasteiger partial charge on any atom is -0.310 e. The van der Waals surface area contributed by atoms with Crippen LogP contribution >= 0.6 is 23.4 Å². The molecule has 1 N–H and O–H groups in total. The summed E-state index contributed by atoms with van der Waals surface area (Å²) < 4.78 is 1.82. The van der Waals surface area contributed by atoms with Crippen molar-refractivity contribution in [2.75, 3.05) is 11.1 Å². The highest BCUT2D eigenvalue weighted by Crippen LogP contribution is 2.21. The molecule has 0 atom stereocenters. The van der Waals surface area contributed by atoms with E-state index in [0.29, 0.717) is 23.1 Å². The fourth-order valence-electron chi connectivity index (χ4n) is 2.38. The van der Waals surface area contributed by atoms with Crippen LogP contribution in [0.3, 0.4) is 0 Å². The summed E-state index contributed by atoms with van der Waals surface area (Å²) in [5.41, 5.74) is 2.01. The second-order valence-electron chi connectivity index (χ2n) is 5.60. The number of benzene rings is 2. The van der Waals surface area contributed by atoms with Crippen molar-refractivity contribution >= 4 is 35.1 Å². The van der Waals surface area contributed by atoms with Gasteiger partial charge in [-0.25, -0.2) is 4.68 Å². The van der Waals surface area contributed by atoms with Crippen molar-refractivity contribution in [1.82, 2.24) is 9.78 Å². The lowest BCUT2D eigenvalue weighted by molar-refractivity contribution is -0.113. The van der Waals surface area contributed by atoms with Crippen molar-refractivity contribution in [3.8, 4) is 0 Å². The maximum absolute atomic E-state index is 12.3. The molecular weight excluding hydrogens is 354 g/mol. The summed E-state index contributed by atoms with van der Waals surface area (Å²) in [4.78, 5) is 13.3. The molecule has 25 heavy (non-hydrogen) atoms. The summed E-state index contributed by atoms with van der Waals surface area (Å²) >= 11 is 7.34. The second-order valence-corrected chi connectivity index (χ2v) is 7.09. The normalized spacial score (nSPS) is 10.6. The van der Waals surface area contributed by atoms with Crippen molar-refractivity contribution in [3.05, 3.63) is 76.9 Å². The van der Waals surface area contributed by atoms with Gasteiger partial charge in [0.2, 0.25) is 5.91 Å². The first kappa shape index (κ1) is 17.6. The van der Waals surface area contributed by atoms with Gasteiger partial charge in [0, 0.05) is 16.0 Å². The van der Waals surface area contributed by atoms with E-state index in [-0.39, 0.29) is 5.91 Å². The van der Waals surface area contributed by atoms with E-state index in [4.69, 9.17) is 11.6 Å². The van der Waals surface area contributed by atoms with Gasteiger partial charge in [-0.2, -0.15) is 5.10 Å². The van der Waals surface area contributed by atoms with Crippen LogP contribution in [0.2, 0.25) is 5.02 Å². The molecule has 0 aliphatic carbocycles. The standard InChI is InChI=1S/C19H18ClN3OS/c1-14-11-18(23(22-14)12-15-5-3-2-4-6-15)21-19(24)13-25-17-9-7-16(20)8-10-17/h2-11H,12-13H2,1H3,(H,21,24). The van der Waals surface area contributed by atoms with E-state index in [1.165, 1.54) is 11.8 Å². The fourth-order valence-corrected chi connectivity index (χ4v) is 3.21. The van der Waals surface area contributed by atoms with Crippen LogP contribution in [0.25, 0.3) is 0 Å². The van der Waals surface area contributed by atoms with Crippen LogP contribution in [0.1, 0.15) is 11.3 Å². The van der Waals surface area contributed by atoms with Gasteiger partial charge < -0.3 is 5.32 Å². The van der Waals surface area contributed by atoms with Crippen molar-refractivity contribution in [3.63, 3.8) is 0 Å². The second kappa shape index (κ2) is 8.23. The van der Waals surface area contributed by atoms with Crippen LogP contribution in [0.5, 0.6) is 0 Å². The Morgan fingerprint density at radius 2 is 1.88 bits per heavy atom. The molecule has 3 rings (SSSR count). The minimum atomic E-state index is -0.0610. The third-order valence-corrected chi connectivity index (χ3v) is 4.79. The SMILES string of the molecule is Cc1cc(NC(=O)CSc2ccc(Cl)cc2)n(Cc2ccccc2)n1. The van der Waals surface area contributed by atoms with Crippen molar-refractivity contribution in [1.29, 1.82) is 0 Å². The number of carbonyl (C=O) groups excluding carboxylic acids is 1. The minimum absolute atomic E-state index is 0.0610. The number of aryl methyl sites for hydroxylation is 1. The number of aromatic nitrogens is 2. The van der Waals surface area contributed by atoms with Gasteiger partial charge in [-0.1, -0.05) is 41.9 Å². The molecule has 1 aromatic heterocycles. The number of hydrogen-bond acceptors (Lipinski definition) is 3. The summed E-state index contributed by atoms with van der Waals surface area (Å²) in [6, 6.07) is 19.4. The van der Waals surface area contributed by atoms with Gasteiger partial charge in [0.25, 0.3) is 0 Å². The molecule has 0 saturated carbocycles. The highest BCUT2D eigenvalue weighted by molar-refractivity contribution is 8.00. The third-order valence-electron chi connectivity index (χ3n) is 3.53. The lowest BCUT2D eigenvalue weighted by atomic mass is 10.2. The molecule has 3 aromatic rings. The number of hydrogen-bond donors (Lipinski definition) is 1. The van der Waals surface area contributed by atoms with E-state index < -0.39 is 0 Å². The number of amides is 1. The average molecular weight is 372 g/mol. The Morgan fingerprint density at radius 3 is 2.60 bits per heavy atom. The molecule has 0 aliphatic heterocycles. The number of halogens is 1. The summed E-state index contributed by atoms with van der Waals surface area (Å²) in [6.07, 6.45) is 0. The molecule has 0 aliphatic rings. The smallest absolute Gasteiger partial charge is 0.235 e. The summed E-state index contributed by atoms with van der Waals surface area (Å²) in [5, 5.41) is 8.10. The van der Waals surface area contributed by atoms with Gasteiger partial charge in [-0.05, 0) is 36.8 Å². The van der Waals surface area contributed by atoms with Gasteiger partial charge in [-0.15, -0.1) is 11.8 Å². The number of thioether (sulfide) groups is 1.